The highest BCUT2D eigenvalue weighted by Gasteiger charge is 2.31. The smallest absolute Gasteiger partial charge is 0.410 e. The summed E-state index contributed by atoms with van der Waals surface area (Å²) in [6.45, 7) is 4.79. The zero-order valence-electron chi connectivity index (χ0n) is 25.9. The van der Waals surface area contributed by atoms with Gasteiger partial charge in [0.05, 0.1) is 13.7 Å². The van der Waals surface area contributed by atoms with E-state index in [2.05, 4.69) is 22.8 Å². The highest BCUT2D eigenvalue weighted by atomic mass is 16.6. The van der Waals surface area contributed by atoms with Crippen molar-refractivity contribution < 1.29 is 38.1 Å². The molecule has 0 aromatic heterocycles. The average molecular weight is 618 g/mol. The number of carbonyl (C=O) groups excluding carboxylic acids is 4. The molecular weight excluding hydrogens is 578 g/mol. The van der Waals surface area contributed by atoms with Crippen molar-refractivity contribution in [2.75, 3.05) is 33.4 Å². The van der Waals surface area contributed by atoms with Gasteiger partial charge in [-0.15, -0.1) is 0 Å². The monoisotopic (exact) mass is 617 g/mol. The Labute approximate surface area is 262 Å². The molecule has 0 saturated heterocycles. The number of methoxy groups -OCH3 is 1. The maximum Gasteiger partial charge on any atom is 0.410 e. The Morgan fingerprint density at radius 3 is 2.02 bits per heavy atom. The first-order valence-electron chi connectivity index (χ1n) is 14.7. The molecule has 4 rings (SSSR count). The number of nitrogens with one attached hydrogen (secondary N) is 2. The van der Waals surface area contributed by atoms with Gasteiger partial charge in [-0.2, -0.15) is 0 Å². The molecule has 1 aliphatic rings. The molecule has 238 valence electrons. The summed E-state index contributed by atoms with van der Waals surface area (Å²) in [4.78, 5) is 52.1. The molecule has 3 aromatic carbocycles. The maximum absolute atomic E-state index is 13.2. The van der Waals surface area contributed by atoms with Gasteiger partial charge in [0.2, 0.25) is 0 Å². The van der Waals surface area contributed by atoms with Crippen LogP contribution in [0.1, 0.15) is 43.4 Å². The van der Waals surface area contributed by atoms with E-state index in [1.807, 2.05) is 54.6 Å². The van der Waals surface area contributed by atoms with E-state index in [0.29, 0.717) is 0 Å². The molecule has 0 heterocycles. The van der Waals surface area contributed by atoms with Crippen LogP contribution in [0.3, 0.4) is 0 Å². The number of fused-ring (bicyclic) bond motifs is 3. The van der Waals surface area contributed by atoms with Gasteiger partial charge in [0, 0.05) is 19.0 Å². The Bertz CT molecular complexity index is 1440. The second-order valence-electron chi connectivity index (χ2n) is 11.5. The molecule has 11 nitrogen and oxygen atoms in total. The zero-order valence-corrected chi connectivity index (χ0v) is 25.9. The van der Waals surface area contributed by atoms with Gasteiger partial charge >= 0.3 is 24.2 Å². The summed E-state index contributed by atoms with van der Waals surface area (Å²) in [6.07, 6.45) is -2.27. The fourth-order valence-corrected chi connectivity index (χ4v) is 5.00. The van der Waals surface area contributed by atoms with Crippen LogP contribution >= 0.6 is 0 Å². The molecule has 0 spiro atoms. The van der Waals surface area contributed by atoms with Crippen molar-refractivity contribution >= 4 is 24.2 Å². The number of ether oxygens (including phenoxy) is 4. The van der Waals surface area contributed by atoms with Gasteiger partial charge in [0.1, 0.15) is 24.9 Å². The number of amides is 3. The highest BCUT2D eigenvalue weighted by Crippen LogP contribution is 2.44. The molecule has 0 saturated carbocycles. The van der Waals surface area contributed by atoms with Gasteiger partial charge in [-0.1, -0.05) is 78.9 Å². The van der Waals surface area contributed by atoms with E-state index in [9.17, 15) is 19.2 Å². The van der Waals surface area contributed by atoms with Gasteiger partial charge in [0.15, 0.2) is 0 Å². The van der Waals surface area contributed by atoms with Gasteiger partial charge in [0.25, 0.3) is 0 Å². The van der Waals surface area contributed by atoms with E-state index in [1.165, 1.54) is 12.0 Å². The molecule has 3 amide bonds. The minimum atomic E-state index is -1.26. The molecule has 45 heavy (non-hydrogen) atoms. The molecule has 0 radical (unpaired) electrons. The number of esters is 1. The number of alkyl carbamates (subject to hydrolysis) is 2. The van der Waals surface area contributed by atoms with E-state index < -0.39 is 35.9 Å². The van der Waals surface area contributed by atoms with Crippen LogP contribution in [0.4, 0.5) is 14.4 Å². The number of rotatable bonds is 11. The van der Waals surface area contributed by atoms with E-state index >= 15 is 0 Å². The lowest BCUT2D eigenvalue weighted by molar-refractivity contribution is -0.143. The standard InChI is InChI=1S/C34H39N3O8/c1-34(2,3)45-32(40)36-29(30(38)42-4)20-37(33(41)44-21-23-12-6-5-7-13-23)19-18-35-31(39)43-22-28-26-16-10-8-14-24(26)25-15-9-11-17-27(25)28/h5-17,28-29H,18-22H2,1-4H3,(H,35,39)(H,36,40)/t29-/m1/s1. The number of hydrogen-bond acceptors (Lipinski definition) is 8. The summed E-state index contributed by atoms with van der Waals surface area (Å²) in [5.41, 5.74) is 4.36. The van der Waals surface area contributed by atoms with Crippen molar-refractivity contribution in [2.45, 2.75) is 44.9 Å². The van der Waals surface area contributed by atoms with Crippen molar-refractivity contribution in [2.24, 2.45) is 0 Å². The van der Waals surface area contributed by atoms with Crippen molar-refractivity contribution in [1.82, 2.24) is 15.5 Å². The third-order valence-corrected chi connectivity index (χ3v) is 7.04. The first-order chi connectivity index (χ1) is 21.6. The van der Waals surface area contributed by atoms with Crippen LogP contribution in [0, 0.1) is 0 Å². The van der Waals surface area contributed by atoms with E-state index in [0.717, 1.165) is 27.8 Å². The lowest BCUT2D eigenvalue weighted by Crippen LogP contribution is -2.52. The van der Waals surface area contributed by atoms with Crippen molar-refractivity contribution in [3.63, 3.8) is 0 Å². The molecule has 1 atom stereocenters. The second kappa shape index (κ2) is 15.1. The first-order valence-corrected chi connectivity index (χ1v) is 14.7. The van der Waals surface area contributed by atoms with Crippen molar-refractivity contribution in [1.29, 1.82) is 0 Å². The van der Waals surface area contributed by atoms with Gasteiger partial charge in [-0.3, -0.25) is 0 Å². The second-order valence-corrected chi connectivity index (χ2v) is 11.5. The lowest BCUT2D eigenvalue weighted by Gasteiger charge is -2.27. The fraction of sp³-hybridized carbons (Fsp3) is 0.353. The quantitative estimate of drug-likeness (QED) is 0.221. The number of benzene rings is 3. The summed E-state index contributed by atoms with van der Waals surface area (Å²) in [5.74, 6) is -0.890. The molecule has 1 aliphatic carbocycles. The number of carbonyl (C=O) groups is 4. The van der Waals surface area contributed by atoms with Crippen LogP contribution in [-0.4, -0.2) is 74.1 Å². The van der Waals surface area contributed by atoms with E-state index in [4.69, 9.17) is 18.9 Å². The van der Waals surface area contributed by atoms with Crippen LogP contribution < -0.4 is 10.6 Å². The van der Waals surface area contributed by atoms with E-state index in [1.54, 1.807) is 32.9 Å². The minimum absolute atomic E-state index is 0.0155. The molecule has 0 unspecified atom stereocenters. The zero-order chi connectivity index (χ0) is 32.4. The maximum atomic E-state index is 13.2. The van der Waals surface area contributed by atoms with Gasteiger partial charge in [-0.25, -0.2) is 19.2 Å². The van der Waals surface area contributed by atoms with Gasteiger partial charge < -0.3 is 34.5 Å². The molecular formula is C34H39N3O8. The third kappa shape index (κ3) is 9.21. The highest BCUT2D eigenvalue weighted by molar-refractivity contribution is 5.82. The summed E-state index contributed by atoms with van der Waals surface area (Å²) >= 11 is 0. The summed E-state index contributed by atoms with van der Waals surface area (Å²) in [7, 11) is 1.17. The summed E-state index contributed by atoms with van der Waals surface area (Å²) in [6, 6.07) is 23.9. The molecule has 11 heteroatoms. The normalized spacial score (nSPS) is 12.6. The Morgan fingerprint density at radius 1 is 0.822 bits per heavy atom. The molecule has 0 bridgehead atoms. The van der Waals surface area contributed by atoms with Crippen molar-refractivity contribution in [3.05, 3.63) is 95.6 Å². The Morgan fingerprint density at radius 2 is 1.42 bits per heavy atom. The Balaban J connectivity index is 1.38. The predicted octanol–water partition coefficient (Wildman–Crippen LogP) is 5.23. The predicted molar refractivity (Wildman–Crippen MR) is 166 cm³/mol. The lowest BCUT2D eigenvalue weighted by atomic mass is 9.98. The Kier molecular flexibility index (Phi) is 11.0. The minimum Gasteiger partial charge on any atom is -0.467 e. The Hall–Kier alpha value is -5.06. The number of hydrogen-bond donors (Lipinski definition) is 2. The topological polar surface area (TPSA) is 132 Å². The largest absolute Gasteiger partial charge is 0.467 e. The van der Waals surface area contributed by atoms with Gasteiger partial charge in [-0.05, 0) is 48.6 Å². The van der Waals surface area contributed by atoms with Crippen LogP contribution in [0.5, 0.6) is 0 Å². The van der Waals surface area contributed by atoms with E-state index in [-0.39, 0.29) is 38.8 Å². The fourth-order valence-electron chi connectivity index (χ4n) is 5.00. The molecule has 0 fully saturated rings. The number of nitrogens with zero attached hydrogens (tertiary/aromatic N) is 1. The third-order valence-electron chi connectivity index (χ3n) is 7.04. The SMILES string of the molecule is COC(=O)[C@@H](CN(CCNC(=O)OCC1c2ccccc2-c2ccccc21)C(=O)OCc1ccccc1)NC(=O)OC(C)(C)C. The van der Waals surface area contributed by atoms with Crippen molar-refractivity contribution in [3.8, 4) is 11.1 Å². The van der Waals surface area contributed by atoms with Crippen LogP contribution in [0.2, 0.25) is 0 Å². The van der Waals surface area contributed by atoms with Crippen LogP contribution in [-0.2, 0) is 30.3 Å². The molecule has 3 aromatic rings. The molecule has 0 aliphatic heterocycles. The first kappa shape index (κ1) is 32.8. The molecule has 2 N–H and O–H groups in total. The average Bonchev–Trinajstić information content (AvgIpc) is 3.34. The van der Waals surface area contributed by atoms with Crippen LogP contribution in [0.15, 0.2) is 78.9 Å². The summed E-state index contributed by atoms with van der Waals surface area (Å²) < 4.78 is 21.2. The van der Waals surface area contributed by atoms with Crippen LogP contribution in [0.25, 0.3) is 11.1 Å². The summed E-state index contributed by atoms with van der Waals surface area (Å²) in [5, 5.41) is 5.12.